The molecule has 0 spiro atoms. The van der Waals surface area contributed by atoms with Gasteiger partial charge in [0.1, 0.15) is 0 Å². The van der Waals surface area contributed by atoms with Gasteiger partial charge in [-0.1, -0.05) is 19.8 Å². The van der Waals surface area contributed by atoms with Crippen molar-refractivity contribution in [2.24, 2.45) is 11.3 Å². The molecule has 2 aliphatic carbocycles. The maximum absolute atomic E-state index is 6.19. The van der Waals surface area contributed by atoms with Gasteiger partial charge in [-0.05, 0) is 49.5 Å². The van der Waals surface area contributed by atoms with Crippen LogP contribution in [0.25, 0.3) is 0 Å². The Morgan fingerprint density at radius 2 is 2.06 bits per heavy atom. The molecule has 2 fully saturated rings. The number of aromatic nitrogens is 2. The summed E-state index contributed by atoms with van der Waals surface area (Å²) in [6.07, 6.45) is 11.3. The molecule has 0 aliphatic heterocycles. The van der Waals surface area contributed by atoms with E-state index in [0.29, 0.717) is 6.04 Å². The van der Waals surface area contributed by atoms with Gasteiger partial charge in [-0.3, -0.25) is 4.68 Å². The standard InChI is InChI=1S/C15H23ClN2/c1-15(11-16,12-6-7-12)10-13-8-9-18(17-13)14-4-2-3-5-14/h8-9,12,14H,2-7,10-11H2,1H3. The Morgan fingerprint density at radius 3 is 2.67 bits per heavy atom. The largest absolute Gasteiger partial charge is 0.269 e. The van der Waals surface area contributed by atoms with E-state index in [4.69, 9.17) is 16.7 Å². The summed E-state index contributed by atoms with van der Waals surface area (Å²) in [4.78, 5) is 0. The van der Waals surface area contributed by atoms with Crippen LogP contribution in [-0.2, 0) is 6.42 Å². The summed E-state index contributed by atoms with van der Waals surface area (Å²) in [6.45, 7) is 2.33. The van der Waals surface area contributed by atoms with Crippen LogP contribution in [0.1, 0.15) is 57.2 Å². The van der Waals surface area contributed by atoms with Gasteiger partial charge < -0.3 is 0 Å². The minimum atomic E-state index is 0.260. The summed E-state index contributed by atoms with van der Waals surface area (Å²) in [5, 5.41) is 4.79. The lowest BCUT2D eigenvalue weighted by molar-refractivity contribution is 0.308. The summed E-state index contributed by atoms with van der Waals surface area (Å²) in [5.41, 5.74) is 1.49. The van der Waals surface area contributed by atoms with Crippen molar-refractivity contribution in [3.8, 4) is 0 Å². The molecular formula is C15H23ClN2. The van der Waals surface area contributed by atoms with Crippen LogP contribution in [0.3, 0.4) is 0 Å². The van der Waals surface area contributed by atoms with E-state index >= 15 is 0 Å². The summed E-state index contributed by atoms with van der Waals surface area (Å²) < 4.78 is 2.20. The molecule has 1 atom stereocenters. The molecule has 1 unspecified atom stereocenters. The van der Waals surface area contributed by atoms with Gasteiger partial charge in [0.2, 0.25) is 0 Å². The predicted octanol–water partition coefficient (Wildman–Crippen LogP) is 4.20. The number of alkyl halides is 1. The second kappa shape index (κ2) is 4.88. The van der Waals surface area contributed by atoms with E-state index in [2.05, 4.69) is 23.9 Å². The molecule has 1 aromatic rings. The van der Waals surface area contributed by atoms with Crippen LogP contribution in [-0.4, -0.2) is 15.7 Å². The fraction of sp³-hybridized carbons (Fsp3) is 0.800. The number of rotatable bonds is 5. The summed E-state index contributed by atoms with van der Waals surface area (Å²) in [6, 6.07) is 2.85. The van der Waals surface area contributed by atoms with E-state index in [0.717, 1.165) is 18.2 Å². The first-order valence-electron chi connectivity index (χ1n) is 7.31. The van der Waals surface area contributed by atoms with Gasteiger partial charge in [-0.2, -0.15) is 5.10 Å². The minimum absolute atomic E-state index is 0.260. The molecule has 18 heavy (non-hydrogen) atoms. The fourth-order valence-electron chi connectivity index (χ4n) is 3.34. The zero-order chi connectivity index (χ0) is 12.6. The highest BCUT2D eigenvalue weighted by Crippen LogP contribution is 2.47. The summed E-state index contributed by atoms with van der Waals surface area (Å²) in [7, 11) is 0. The average Bonchev–Trinajstić information content (AvgIpc) is 2.91. The topological polar surface area (TPSA) is 17.8 Å². The van der Waals surface area contributed by atoms with Crippen LogP contribution in [0.5, 0.6) is 0 Å². The zero-order valence-electron chi connectivity index (χ0n) is 11.2. The van der Waals surface area contributed by atoms with Crippen LogP contribution in [0.2, 0.25) is 0 Å². The number of halogens is 1. The Balaban J connectivity index is 1.69. The highest BCUT2D eigenvalue weighted by atomic mass is 35.5. The lowest BCUT2D eigenvalue weighted by Gasteiger charge is -2.26. The molecule has 0 aromatic carbocycles. The fourth-order valence-corrected chi connectivity index (χ4v) is 3.65. The molecule has 0 saturated heterocycles. The van der Waals surface area contributed by atoms with Crippen molar-refractivity contribution < 1.29 is 0 Å². The Bertz CT molecular complexity index is 404. The molecule has 3 heteroatoms. The van der Waals surface area contributed by atoms with E-state index in [-0.39, 0.29) is 5.41 Å². The molecule has 3 rings (SSSR count). The monoisotopic (exact) mass is 266 g/mol. The van der Waals surface area contributed by atoms with Crippen molar-refractivity contribution in [2.75, 3.05) is 5.88 Å². The third-order valence-corrected chi connectivity index (χ3v) is 5.43. The first kappa shape index (κ1) is 12.5. The Kier molecular flexibility index (Phi) is 3.40. The van der Waals surface area contributed by atoms with Crippen molar-refractivity contribution in [3.63, 3.8) is 0 Å². The number of nitrogens with zero attached hydrogens (tertiary/aromatic N) is 2. The SMILES string of the molecule is CC(CCl)(Cc1ccn(C2CCCC2)n1)C1CC1. The molecule has 0 amide bonds. The third-order valence-electron chi connectivity index (χ3n) is 4.82. The van der Waals surface area contributed by atoms with Crippen LogP contribution in [0, 0.1) is 11.3 Å². The number of hydrogen-bond donors (Lipinski definition) is 0. The quantitative estimate of drug-likeness (QED) is 0.731. The average molecular weight is 267 g/mol. The van der Waals surface area contributed by atoms with Crippen molar-refractivity contribution in [2.45, 2.75) is 57.9 Å². The van der Waals surface area contributed by atoms with E-state index in [1.165, 1.54) is 44.2 Å². The van der Waals surface area contributed by atoms with Crippen LogP contribution < -0.4 is 0 Å². The minimum Gasteiger partial charge on any atom is -0.269 e. The first-order chi connectivity index (χ1) is 8.71. The Morgan fingerprint density at radius 1 is 1.33 bits per heavy atom. The van der Waals surface area contributed by atoms with Gasteiger partial charge in [-0.25, -0.2) is 0 Å². The lowest BCUT2D eigenvalue weighted by Crippen LogP contribution is -2.24. The molecular weight excluding hydrogens is 244 g/mol. The van der Waals surface area contributed by atoms with E-state index < -0.39 is 0 Å². The Labute approximate surface area is 115 Å². The third kappa shape index (κ3) is 2.45. The van der Waals surface area contributed by atoms with E-state index in [9.17, 15) is 0 Å². The van der Waals surface area contributed by atoms with E-state index in [1.807, 2.05) is 0 Å². The van der Waals surface area contributed by atoms with Crippen molar-refractivity contribution in [3.05, 3.63) is 18.0 Å². The van der Waals surface area contributed by atoms with Crippen LogP contribution in [0.4, 0.5) is 0 Å². The molecule has 2 nitrogen and oxygen atoms in total. The smallest absolute Gasteiger partial charge is 0.0630 e. The first-order valence-corrected chi connectivity index (χ1v) is 7.85. The summed E-state index contributed by atoms with van der Waals surface area (Å²) >= 11 is 6.19. The van der Waals surface area contributed by atoms with Gasteiger partial charge in [-0.15, -0.1) is 11.6 Å². The molecule has 1 aromatic heterocycles. The van der Waals surface area contributed by atoms with E-state index in [1.54, 1.807) is 0 Å². The number of hydrogen-bond acceptors (Lipinski definition) is 1. The zero-order valence-corrected chi connectivity index (χ0v) is 12.0. The van der Waals surface area contributed by atoms with Crippen molar-refractivity contribution in [1.29, 1.82) is 0 Å². The van der Waals surface area contributed by atoms with Gasteiger partial charge >= 0.3 is 0 Å². The maximum Gasteiger partial charge on any atom is 0.0630 e. The molecule has 0 N–H and O–H groups in total. The van der Waals surface area contributed by atoms with Gasteiger partial charge in [0.15, 0.2) is 0 Å². The lowest BCUT2D eigenvalue weighted by atomic mass is 9.82. The molecule has 1 heterocycles. The van der Waals surface area contributed by atoms with Gasteiger partial charge in [0.25, 0.3) is 0 Å². The van der Waals surface area contributed by atoms with Crippen molar-refractivity contribution in [1.82, 2.24) is 9.78 Å². The second-order valence-electron chi connectivity index (χ2n) is 6.46. The van der Waals surface area contributed by atoms with Crippen molar-refractivity contribution >= 4 is 11.6 Å². The highest BCUT2D eigenvalue weighted by molar-refractivity contribution is 6.18. The molecule has 2 saturated carbocycles. The van der Waals surface area contributed by atoms with Gasteiger partial charge in [0, 0.05) is 12.1 Å². The summed E-state index contributed by atoms with van der Waals surface area (Å²) in [5.74, 6) is 1.58. The molecule has 0 radical (unpaired) electrons. The van der Waals surface area contributed by atoms with Gasteiger partial charge in [0.05, 0.1) is 11.7 Å². The predicted molar refractivity (Wildman–Crippen MR) is 75.0 cm³/mol. The highest BCUT2D eigenvalue weighted by Gasteiger charge is 2.41. The second-order valence-corrected chi connectivity index (χ2v) is 6.73. The Hall–Kier alpha value is -0.500. The van der Waals surface area contributed by atoms with Crippen LogP contribution >= 0.6 is 11.6 Å². The van der Waals surface area contributed by atoms with Crippen LogP contribution in [0.15, 0.2) is 12.3 Å². The maximum atomic E-state index is 6.19. The molecule has 2 aliphatic rings. The normalized spacial score (nSPS) is 24.3. The molecule has 100 valence electrons. The molecule has 0 bridgehead atoms.